The molecule has 1 unspecified atom stereocenters. The highest BCUT2D eigenvalue weighted by atomic mass is 79.9. The van der Waals surface area contributed by atoms with Crippen LogP contribution in [-0.4, -0.2) is 16.3 Å². The van der Waals surface area contributed by atoms with Gasteiger partial charge in [-0.2, -0.15) is 5.10 Å². The summed E-state index contributed by atoms with van der Waals surface area (Å²) in [5.41, 5.74) is 1.32. The maximum atomic E-state index is 4.40. The summed E-state index contributed by atoms with van der Waals surface area (Å²) in [6, 6.07) is 0.439. The van der Waals surface area contributed by atoms with Crippen molar-refractivity contribution in [1.82, 2.24) is 15.1 Å². The fourth-order valence-electron chi connectivity index (χ4n) is 3.49. The molecule has 1 atom stereocenters. The summed E-state index contributed by atoms with van der Waals surface area (Å²) in [7, 11) is 2.05. The second-order valence-electron chi connectivity index (χ2n) is 6.12. The Bertz CT molecular complexity index is 388. The Hall–Kier alpha value is -0.350. The first-order valence-electron chi connectivity index (χ1n) is 8.08. The van der Waals surface area contributed by atoms with Crippen molar-refractivity contribution in [3.8, 4) is 0 Å². The van der Waals surface area contributed by atoms with Crippen molar-refractivity contribution >= 4 is 15.9 Å². The van der Waals surface area contributed by atoms with Gasteiger partial charge in [-0.15, -0.1) is 0 Å². The lowest BCUT2D eigenvalue weighted by molar-refractivity contribution is 0.213. The minimum atomic E-state index is 0.439. The van der Waals surface area contributed by atoms with E-state index in [4.69, 9.17) is 0 Å². The number of halogens is 1. The van der Waals surface area contributed by atoms with Crippen LogP contribution in [0.3, 0.4) is 0 Å². The molecule has 0 bridgehead atoms. The van der Waals surface area contributed by atoms with Gasteiger partial charge in [0.15, 0.2) is 0 Å². The largest absolute Gasteiger partial charge is 0.308 e. The third-order valence-electron chi connectivity index (χ3n) is 4.79. The van der Waals surface area contributed by atoms with Crippen molar-refractivity contribution in [2.75, 3.05) is 6.54 Å². The lowest BCUT2D eigenvalue weighted by Crippen LogP contribution is -2.33. The van der Waals surface area contributed by atoms with Gasteiger partial charge in [-0.05, 0) is 53.6 Å². The molecule has 1 heterocycles. The molecule has 114 valence electrons. The van der Waals surface area contributed by atoms with E-state index in [2.05, 4.69) is 47.2 Å². The highest BCUT2D eigenvalue weighted by Gasteiger charge is 2.30. The third-order valence-corrected chi connectivity index (χ3v) is 5.40. The first-order valence-corrected chi connectivity index (χ1v) is 8.87. The zero-order valence-electron chi connectivity index (χ0n) is 13.0. The Labute approximate surface area is 131 Å². The van der Waals surface area contributed by atoms with E-state index in [0.29, 0.717) is 6.04 Å². The highest BCUT2D eigenvalue weighted by Crippen LogP contribution is 2.39. The Kier molecular flexibility index (Phi) is 6.09. The molecule has 1 aromatic heterocycles. The van der Waals surface area contributed by atoms with Crippen LogP contribution in [0.25, 0.3) is 0 Å². The van der Waals surface area contributed by atoms with E-state index in [1.807, 2.05) is 10.9 Å². The van der Waals surface area contributed by atoms with E-state index in [9.17, 15) is 0 Å². The number of aromatic nitrogens is 2. The fourth-order valence-corrected chi connectivity index (χ4v) is 4.08. The Morgan fingerprint density at radius 2 is 2.05 bits per heavy atom. The number of rotatable bonds is 6. The lowest BCUT2D eigenvalue weighted by atomic mass is 9.77. The molecular weight excluding hydrogens is 314 g/mol. The van der Waals surface area contributed by atoms with Gasteiger partial charge in [-0.25, -0.2) is 0 Å². The van der Waals surface area contributed by atoms with Crippen LogP contribution < -0.4 is 5.32 Å². The molecule has 0 radical (unpaired) electrons. The molecule has 0 saturated heterocycles. The molecule has 0 spiro atoms. The Morgan fingerprint density at radius 3 is 2.55 bits per heavy atom. The smallest absolute Gasteiger partial charge is 0.0695 e. The monoisotopic (exact) mass is 341 g/mol. The van der Waals surface area contributed by atoms with Gasteiger partial charge >= 0.3 is 0 Å². The van der Waals surface area contributed by atoms with E-state index in [1.165, 1.54) is 44.2 Å². The summed E-state index contributed by atoms with van der Waals surface area (Å²) in [5, 5.41) is 8.17. The summed E-state index contributed by atoms with van der Waals surface area (Å²) >= 11 is 3.68. The molecule has 1 saturated carbocycles. The third kappa shape index (κ3) is 3.64. The summed E-state index contributed by atoms with van der Waals surface area (Å²) < 4.78 is 3.18. The first-order chi connectivity index (χ1) is 9.67. The van der Waals surface area contributed by atoms with Crippen molar-refractivity contribution < 1.29 is 0 Å². The Morgan fingerprint density at radius 1 is 1.35 bits per heavy atom. The van der Waals surface area contributed by atoms with Crippen molar-refractivity contribution in [3.05, 3.63) is 16.4 Å². The van der Waals surface area contributed by atoms with Gasteiger partial charge in [0, 0.05) is 7.05 Å². The second kappa shape index (κ2) is 7.60. The second-order valence-corrected chi connectivity index (χ2v) is 6.98. The molecule has 1 aromatic rings. The molecule has 2 rings (SSSR count). The number of hydrogen-bond donors (Lipinski definition) is 1. The highest BCUT2D eigenvalue weighted by molar-refractivity contribution is 9.10. The van der Waals surface area contributed by atoms with Gasteiger partial charge in [0.1, 0.15) is 0 Å². The van der Waals surface area contributed by atoms with Gasteiger partial charge in [-0.1, -0.05) is 33.1 Å². The van der Waals surface area contributed by atoms with Crippen LogP contribution in [0.2, 0.25) is 0 Å². The summed E-state index contributed by atoms with van der Waals surface area (Å²) in [4.78, 5) is 0. The van der Waals surface area contributed by atoms with E-state index >= 15 is 0 Å². The minimum Gasteiger partial charge on any atom is -0.308 e. The average molecular weight is 342 g/mol. The van der Waals surface area contributed by atoms with E-state index in [1.54, 1.807) is 0 Å². The number of aryl methyl sites for hydroxylation is 1. The molecule has 20 heavy (non-hydrogen) atoms. The number of nitrogens with zero attached hydrogens (tertiary/aromatic N) is 2. The molecule has 4 heteroatoms. The van der Waals surface area contributed by atoms with Gasteiger partial charge in [0.05, 0.1) is 22.4 Å². The topological polar surface area (TPSA) is 29.9 Å². The lowest BCUT2D eigenvalue weighted by Gasteiger charge is -2.34. The maximum Gasteiger partial charge on any atom is 0.0695 e. The normalized spacial score (nSPS) is 24.8. The maximum absolute atomic E-state index is 4.40. The van der Waals surface area contributed by atoms with E-state index in [0.717, 1.165) is 22.9 Å². The van der Waals surface area contributed by atoms with Gasteiger partial charge < -0.3 is 5.32 Å². The van der Waals surface area contributed by atoms with Crippen LogP contribution >= 0.6 is 15.9 Å². The minimum absolute atomic E-state index is 0.439. The van der Waals surface area contributed by atoms with Gasteiger partial charge in [0.25, 0.3) is 0 Å². The van der Waals surface area contributed by atoms with Crippen LogP contribution in [0.5, 0.6) is 0 Å². The molecule has 1 fully saturated rings. The van der Waals surface area contributed by atoms with Gasteiger partial charge in [-0.3, -0.25) is 4.68 Å². The summed E-state index contributed by atoms with van der Waals surface area (Å²) in [5.74, 6) is 1.70. The summed E-state index contributed by atoms with van der Waals surface area (Å²) in [6.07, 6.45) is 9.91. The van der Waals surface area contributed by atoms with Crippen molar-refractivity contribution in [2.45, 2.75) is 58.4 Å². The molecule has 1 aliphatic carbocycles. The zero-order valence-corrected chi connectivity index (χ0v) is 14.6. The molecule has 3 nitrogen and oxygen atoms in total. The van der Waals surface area contributed by atoms with Crippen LogP contribution in [-0.2, 0) is 7.05 Å². The standard InChI is InChI=1S/C16H28BrN3/c1-4-10-18-15(16-14(17)11-19-20(16)3)13-8-6-12(5-2)7-9-13/h11-13,15,18H,4-10H2,1-3H3. The predicted octanol–water partition coefficient (Wildman–Crippen LogP) is 4.44. The molecule has 0 aliphatic heterocycles. The fraction of sp³-hybridized carbons (Fsp3) is 0.812. The summed E-state index contributed by atoms with van der Waals surface area (Å²) in [6.45, 7) is 5.64. The van der Waals surface area contributed by atoms with Crippen LogP contribution in [0.4, 0.5) is 0 Å². The molecule has 1 aliphatic rings. The van der Waals surface area contributed by atoms with Crippen molar-refractivity contribution in [2.24, 2.45) is 18.9 Å². The molecule has 0 aromatic carbocycles. The molecule has 0 amide bonds. The molecule has 1 N–H and O–H groups in total. The number of nitrogens with one attached hydrogen (secondary N) is 1. The predicted molar refractivity (Wildman–Crippen MR) is 87.7 cm³/mol. The Balaban J connectivity index is 2.12. The van der Waals surface area contributed by atoms with Crippen LogP contribution in [0, 0.1) is 11.8 Å². The van der Waals surface area contributed by atoms with Gasteiger partial charge in [0.2, 0.25) is 0 Å². The molecular formula is C16H28BrN3. The average Bonchev–Trinajstić information content (AvgIpc) is 2.80. The van der Waals surface area contributed by atoms with E-state index in [-0.39, 0.29) is 0 Å². The quantitative estimate of drug-likeness (QED) is 0.828. The first kappa shape index (κ1) is 16.0. The van der Waals surface area contributed by atoms with Crippen LogP contribution in [0.15, 0.2) is 10.7 Å². The van der Waals surface area contributed by atoms with E-state index < -0.39 is 0 Å². The van der Waals surface area contributed by atoms with Crippen LogP contribution in [0.1, 0.15) is 64.1 Å². The number of hydrogen-bond acceptors (Lipinski definition) is 2. The zero-order chi connectivity index (χ0) is 14.5. The SMILES string of the molecule is CCCNC(c1c(Br)cnn1C)C1CCC(CC)CC1. The van der Waals surface area contributed by atoms with Crippen molar-refractivity contribution in [3.63, 3.8) is 0 Å². The van der Waals surface area contributed by atoms with Crippen molar-refractivity contribution in [1.29, 1.82) is 0 Å².